The summed E-state index contributed by atoms with van der Waals surface area (Å²) >= 11 is 14.7. The van der Waals surface area contributed by atoms with Crippen LogP contribution in [0.4, 0.5) is 0 Å². The van der Waals surface area contributed by atoms with Gasteiger partial charge in [-0.2, -0.15) is 0 Å². The van der Waals surface area contributed by atoms with E-state index in [1.807, 2.05) is 6.92 Å². The number of carbonyl (C=O) groups is 1. The van der Waals surface area contributed by atoms with Crippen molar-refractivity contribution in [2.45, 2.75) is 6.92 Å². The third-order valence-corrected chi connectivity index (χ3v) is 2.68. The number of halogens is 3. The van der Waals surface area contributed by atoms with Crippen LogP contribution >= 0.6 is 39.1 Å². The summed E-state index contributed by atoms with van der Waals surface area (Å²) < 4.78 is 0. The van der Waals surface area contributed by atoms with Crippen LogP contribution in [-0.2, 0) is 0 Å². The largest absolute Gasteiger partial charge is 0.293 e. The second-order valence-corrected chi connectivity index (χ2v) is 4.04. The molecule has 0 saturated heterocycles. The van der Waals surface area contributed by atoms with Gasteiger partial charge in [-0.15, -0.1) is 0 Å². The second-order valence-electron chi connectivity index (χ2n) is 2.64. The van der Waals surface area contributed by atoms with E-state index < -0.39 is 0 Å². The zero-order valence-electron chi connectivity index (χ0n) is 6.90. The lowest BCUT2D eigenvalue weighted by Gasteiger charge is -2.05. The van der Waals surface area contributed by atoms with Crippen molar-refractivity contribution in [1.29, 1.82) is 0 Å². The van der Waals surface area contributed by atoms with Gasteiger partial charge in [0, 0.05) is 10.6 Å². The molecule has 0 unspecified atom stereocenters. The maximum absolute atomic E-state index is 11.4. The van der Waals surface area contributed by atoms with Gasteiger partial charge in [-0.3, -0.25) is 4.79 Å². The topological polar surface area (TPSA) is 17.1 Å². The van der Waals surface area contributed by atoms with Gasteiger partial charge in [0.15, 0.2) is 5.78 Å². The summed E-state index contributed by atoms with van der Waals surface area (Å²) in [6, 6.07) is 3.30. The van der Waals surface area contributed by atoms with Gasteiger partial charge in [0.2, 0.25) is 0 Å². The first-order chi connectivity index (χ1) is 6.06. The molecule has 13 heavy (non-hydrogen) atoms. The van der Waals surface area contributed by atoms with Gasteiger partial charge >= 0.3 is 0 Å². The fourth-order valence-electron chi connectivity index (χ4n) is 1.12. The SMILES string of the molecule is Cc1cc(Cl)cc(Cl)c1C(=O)CBr. The van der Waals surface area contributed by atoms with E-state index in [2.05, 4.69) is 15.9 Å². The van der Waals surface area contributed by atoms with Crippen LogP contribution < -0.4 is 0 Å². The Labute approximate surface area is 95.2 Å². The number of alkyl halides is 1. The Hall–Kier alpha value is -0.0500. The van der Waals surface area contributed by atoms with E-state index >= 15 is 0 Å². The lowest BCUT2D eigenvalue weighted by molar-refractivity contribution is 0.102. The van der Waals surface area contributed by atoms with Crippen molar-refractivity contribution in [1.82, 2.24) is 0 Å². The highest BCUT2D eigenvalue weighted by molar-refractivity contribution is 9.09. The van der Waals surface area contributed by atoms with E-state index in [9.17, 15) is 4.79 Å². The normalized spacial score (nSPS) is 10.2. The maximum Gasteiger partial charge on any atom is 0.175 e. The average molecular weight is 282 g/mol. The van der Waals surface area contributed by atoms with Crippen molar-refractivity contribution >= 4 is 44.9 Å². The van der Waals surface area contributed by atoms with Crippen LogP contribution in [0.5, 0.6) is 0 Å². The van der Waals surface area contributed by atoms with Crippen LogP contribution in [-0.4, -0.2) is 11.1 Å². The fourth-order valence-corrected chi connectivity index (χ4v) is 2.10. The van der Waals surface area contributed by atoms with Gasteiger partial charge < -0.3 is 0 Å². The molecule has 0 atom stereocenters. The number of ketones is 1. The van der Waals surface area contributed by atoms with E-state index in [4.69, 9.17) is 23.2 Å². The van der Waals surface area contributed by atoms with Gasteiger partial charge in [-0.05, 0) is 24.6 Å². The van der Waals surface area contributed by atoms with Crippen LogP contribution in [0.2, 0.25) is 10.0 Å². The van der Waals surface area contributed by atoms with E-state index in [1.54, 1.807) is 12.1 Å². The van der Waals surface area contributed by atoms with Crippen molar-refractivity contribution in [2.24, 2.45) is 0 Å². The Morgan fingerprint density at radius 1 is 1.46 bits per heavy atom. The predicted molar refractivity (Wildman–Crippen MR) is 59.3 cm³/mol. The quantitative estimate of drug-likeness (QED) is 0.594. The van der Waals surface area contributed by atoms with Crippen LogP contribution in [0.1, 0.15) is 15.9 Å². The number of rotatable bonds is 2. The zero-order valence-corrected chi connectivity index (χ0v) is 10.0. The smallest absolute Gasteiger partial charge is 0.175 e. The molecular weight excluding hydrogens is 275 g/mol. The monoisotopic (exact) mass is 280 g/mol. The lowest BCUT2D eigenvalue weighted by atomic mass is 10.1. The summed E-state index contributed by atoms with van der Waals surface area (Å²) in [4.78, 5) is 11.4. The number of hydrogen-bond acceptors (Lipinski definition) is 1. The number of Topliss-reactive ketones (excluding diaryl/α,β-unsaturated/α-hetero) is 1. The lowest BCUT2D eigenvalue weighted by Crippen LogP contribution is -2.03. The molecule has 70 valence electrons. The summed E-state index contributed by atoms with van der Waals surface area (Å²) in [7, 11) is 0. The highest BCUT2D eigenvalue weighted by Crippen LogP contribution is 2.25. The van der Waals surface area contributed by atoms with E-state index in [-0.39, 0.29) is 11.1 Å². The Morgan fingerprint density at radius 3 is 2.54 bits per heavy atom. The van der Waals surface area contributed by atoms with Gasteiger partial charge in [-0.25, -0.2) is 0 Å². The first-order valence-corrected chi connectivity index (χ1v) is 5.49. The fraction of sp³-hybridized carbons (Fsp3) is 0.222. The highest BCUT2D eigenvalue weighted by atomic mass is 79.9. The minimum Gasteiger partial charge on any atom is -0.293 e. The Morgan fingerprint density at radius 2 is 2.08 bits per heavy atom. The summed E-state index contributed by atoms with van der Waals surface area (Å²) in [6.45, 7) is 1.81. The number of carbonyl (C=O) groups excluding carboxylic acids is 1. The van der Waals surface area contributed by atoms with Crippen LogP contribution in [0.15, 0.2) is 12.1 Å². The van der Waals surface area contributed by atoms with Crippen LogP contribution in [0.3, 0.4) is 0 Å². The van der Waals surface area contributed by atoms with Crippen molar-refractivity contribution in [2.75, 3.05) is 5.33 Å². The Balaban J connectivity index is 3.28. The molecule has 1 aromatic carbocycles. The van der Waals surface area contributed by atoms with Crippen molar-refractivity contribution in [3.05, 3.63) is 33.3 Å². The summed E-state index contributed by atoms with van der Waals surface area (Å²) in [6.07, 6.45) is 0. The third-order valence-electron chi connectivity index (χ3n) is 1.65. The molecule has 1 aromatic rings. The Bertz CT molecular complexity index is 326. The first kappa shape index (κ1) is 11.0. The summed E-state index contributed by atoms with van der Waals surface area (Å²) in [5.41, 5.74) is 1.35. The Kier molecular flexibility index (Phi) is 3.77. The molecule has 0 heterocycles. The molecular formula is C9H7BrCl2O. The molecule has 0 bridgehead atoms. The molecule has 1 nitrogen and oxygen atoms in total. The molecule has 1 rings (SSSR count). The van der Waals surface area contributed by atoms with Gasteiger partial charge in [0.25, 0.3) is 0 Å². The second kappa shape index (κ2) is 4.45. The predicted octanol–water partition coefficient (Wildman–Crippen LogP) is 3.88. The number of aryl methyl sites for hydroxylation is 1. The number of hydrogen-bond donors (Lipinski definition) is 0. The van der Waals surface area contributed by atoms with E-state index in [0.717, 1.165) is 5.56 Å². The molecule has 0 aliphatic heterocycles. The highest BCUT2D eigenvalue weighted by Gasteiger charge is 2.12. The molecule has 0 spiro atoms. The van der Waals surface area contributed by atoms with Crippen molar-refractivity contribution in [3.63, 3.8) is 0 Å². The van der Waals surface area contributed by atoms with Crippen LogP contribution in [0.25, 0.3) is 0 Å². The van der Waals surface area contributed by atoms with Crippen LogP contribution in [0, 0.1) is 6.92 Å². The molecule has 0 aliphatic carbocycles. The minimum absolute atomic E-state index is 0.0285. The molecule has 4 heteroatoms. The third kappa shape index (κ3) is 2.46. The molecule has 0 saturated carbocycles. The van der Waals surface area contributed by atoms with Gasteiger partial charge in [0.05, 0.1) is 10.4 Å². The minimum atomic E-state index is -0.0285. The average Bonchev–Trinajstić information content (AvgIpc) is 2.02. The molecule has 0 fully saturated rings. The molecule has 0 aliphatic rings. The van der Waals surface area contributed by atoms with Gasteiger partial charge in [-0.1, -0.05) is 39.1 Å². The van der Waals surface area contributed by atoms with Crippen molar-refractivity contribution in [3.8, 4) is 0 Å². The first-order valence-electron chi connectivity index (χ1n) is 3.61. The molecule has 0 radical (unpaired) electrons. The summed E-state index contributed by atoms with van der Waals surface area (Å²) in [5, 5.41) is 1.23. The standard InChI is InChI=1S/C9H7BrCl2O/c1-5-2-6(11)3-7(12)9(5)8(13)4-10/h2-3H,4H2,1H3. The van der Waals surface area contributed by atoms with E-state index in [1.165, 1.54) is 0 Å². The molecule has 0 amide bonds. The zero-order chi connectivity index (χ0) is 10.0. The van der Waals surface area contributed by atoms with Gasteiger partial charge in [0.1, 0.15) is 0 Å². The summed E-state index contributed by atoms with van der Waals surface area (Å²) in [5.74, 6) is -0.0285. The molecule has 0 N–H and O–H groups in total. The van der Waals surface area contributed by atoms with E-state index in [0.29, 0.717) is 15.6 Å². The van der Waals surface area contributed by atoms with Crippen molar-refractivity contribution < 1.29 is 4.79 Å². The molecule has 0 aromatic heterocycles. The number of benzene rings is 1. The maximum atomic E-state index is 11.4.